The van der Waals surface area contributed by atoms with E-state index in [1.165, 1.54) is 0 Å². The molecular formula is C12H15Br2NO2. The number of hydrogen-bond donors (Lipinski definition) is 1. The molecule has 94 valence electrons. The van der Waals surface area contributed by atoms with Gasteiger partial charge in [0.25, 0.3) is 0 Å². The number of carbonyl (C=O) groups is 1. The van der Waals surface area contributed by atoms with Crippen molar-refractivity contribution in [1.29, 1.82) is 0 Å². The highest BCUT2D eigenvalue weighted by molar-refractivity contribution is 9.11. The van der Waals surface area contributed by atoms with Crippen LogP contribution in [0.3, 0.4) is 0 Å². The first-order chi connectivity index (χ1) is 8.08. The molecule has 0 amide bonds. The van der Waals surface area contributed by atoms with Crippen molar-refractivity contribution in [2.24, 2.45) is 0 Å². The van der Waals surface area contributed by atoms with Gasteiger partial charge < -0.3 is 10.1 Å². The van der Waals surface area contributed by atoms with E-state index in [2.05, 4.69) is 37.2 Å². The number of anilines is 1. The van der Waals surface area contributed by atoms with Gasteiger partial charge in [0, 0.05) is 8.95 Å². The van der Waals surface area contributed by atoms with E-state index >= 15 is 0 Å². The maximum atomic E-state index is 11.7. The predicted molar refractivity (Wildman–Crippen MR) is 76.2 cm³/mol. The Kier molecular flexibility index (Phi) is 5.98. The molecule has 0 radical (unpaired) electrons. The zero-order valence-electron chi connectivity index (χ0n) is 9.80. The molecule has 0 aromatic heterocycles. The number of ether oxygens (including phenoxy) is 1. The van der Waals surface area contributed by atoms with Crippen LogP contribution in [-0.2, 0) is 9.53 Å². The lowest BCUT2D eigenvalue weighted by molar-refractivity contribution is -0.144. The Bertz CT molecular complexity index is 396. The van der Waals surface area contributed by atoms with Gasteiger partial charge in [-0.15, -0.1) is 0 Å². The molecule has 0 spiro atoms. The fourth-order valence-corrected chi connectivity index (χ4v) is 2.09. The van der Waals surface area contributed by atoms with Crippen LogP contribution >= 0.6 is 31.9 Å². The van der Waals surface area contributed by atoms with Crippen molar-refractivity contribution >= 4 is 43.5 Å². The normalized spacial score (nSPS) is 12.0. The van der Waals surface area contributed by atoms with E-state index in [1.807, 2.05) is 25.1 Å². The molecule has 17 heavy (non-hydrogen) atoms. The summed E-state index contributed by atoms with van der Waals surface area (Å²) in [5.41, 5.74) is 0.874. The average molecular weight is 365 g/mol. The summed E-state index contributed by atoms with van der Waals surface area (Å²) in [6.45, 7) is 4.15. The number of rotatable bonds is 5. The third kappa shape index (κ3) is 4.32. The lowest BCUT2D eigenvalue weighted by Gasteiger charge is -2.17. The summed E-state index contributed by atoms with van der Waals surface area (Å²) in [7, 11) is 0. The molecule has 0 aliphatic carbocycles. The molecule has 0 bridgehead atoms. The molecule has 0 saturated carbocycles. The van der Waals surface area contributed by atoms with E-state index in [4.69, 9.17) is 4.74 Å². The number of esters is 1. The van der Waals surface area contributed by atoms with Crippen molar-refractivity contribution in [2.45, 2.75) is 26.3 Å². The second-order valence-corrected chi connectivity index (χ2v) is 5.25. The van der Waals surface area contributed by atoms with Gasteiger partial charge in [-0.25, -0.2) is 4.79 Å². The van der Waals surface area contributed by atoms with Crippen LogP contribution in [0.2, 0.25) is 0 Å². The van der Waals surface area contributed by atoms with Crippen LogP contribution in [0.15, 0.2) is 27.1 Å². The highest BCUT2D eigenvalue weighted by Gasteiger charge is 2.18. The van der Waals surface area contributed by atoms with Gasteiger partial charge >= 0.3 is 5.97 Å². The van der Waals surface area contributed by atoms with Crippen LogP contribution in [-0.4, -0.2) is 18.6 Å². The Morgan fingerprint density at radius 1 is 1.41 bits per heavy atom. The minimum Gasteiger partial charge on any atom is -0.464 e. The smallest absolute Gasteiger partial charge is 0.328 e. The molecule has 0 fully saturated rings. The van der Waals surface area contributed by atoms with Crippen LogP contribution in [0, 0.1) is 0 Å². The van der Waals surface area contributed by atoms with Crippen LogP contribution < -0.4 is 5.32 Å². The molecule has 1 rings (SSSR count). The molecule has 5 heteroatoms. The van der Waals surface area contributed by atoms with Gasteiger partial charge in [-0.3, -0.25) is 0 Å². The Morgan fingerprint density at radius 2 is 2.12 bits per heavy atom. The Morgan fingerprint density at radius 3 is 2.71 bits per heavy atom. The van der Waals surface area contributed by atoms with Crippen LogP contribution in [0.5, 0.6) is 0 Å². The van der Waals surface area contributed by atoms with E-state index in [1.54, 1.807) is 6.92 Å². The number of carbonyl (C=O) groups excluding carboxylic acids is 1. The standard InChI is InChI=1S/C12H15Br2NO2/c1-3-10(12(16)17-4-2)15-11-7-8(13)5-6-9(11)14/h5-7,10,15H,3-4H2,1-2H3. The molecule has 1 unspecified atom stereocenters. The van der Waals surface area contributed by atoms with Gasteiger partial charge in [0.2, 0.25) is 0 Å². The first-order valence-corrected chi connectivity index (χ1v) is 7.05. The number of nitrogens with one attached hydrogen (secondary N) is 1. The summed E-state index contributed by atoms with van der Waals surface area (Å²) < 4.78 is 6.89. The van der Waals surface area contributed by atoms with Gasteiger partial charge in [0.15, 0.2) is 0 Å². The molecule has 0 aliphatic heterocycles. The molecular weight excluding hydrogens is 350 g/mol. The van der Waals surface area contributed by atoms with Crippen LogP contribution in [0.1, 0.15) is 20.3 Å². The summed E-state index contributed by atoms with van der Waals surface area (Å²) in [5.74, 6) is -0.220. The quantitative estimate of drug-likeness (QED) is 0.803. The van der Waals surface area contributed by atoms with E-state index in [-0.39, 0.29) is 12.0 Å². The molecule has 0 aliphatic rings. The molecule has 0 heterocycles. The topological polar surface area (TPSA) is 38.3 Å². The molecule has 0 saturated heterocycles. The minimum atomic E-state index is -0.319. The van der Waals surface area contributed by atoms with Crippen molar-refractivity contribution in [2.75, 3.05) is 11.9 Å². The highest BCUT2D eigenvalue weighted by Crippen LogP contribution is 2.27. The zero-order valence-corrected chi connectivity index (χ0v) is 13.0. The minimum absolute atomic E-state index is 0.220. The van der Waals surface area contributed by atoms with Gasteiger partial charge in [-0.05, 0) is 47.5 Å². The SMILES string of the molecule is CCOC(=O)C(CC)Nc1cc(Br)ccc1Br. The van der Waals surface area contributed by atoms with Crippen molar-refractivity contribution in [3.63, 3.8) is 0 Å². The zero-order chi connectivity index (χ0) is 12.8. The summed E-state index contributed by atoms with van der Waals surface area (Å²) >= 11 is 6.84. The van der Waals surface area contributed by atoms with Gasteiger partial charge in [-0.2, -0.15) is 0 Å². The lowest BCUT2D eigenvalue weighted by atomic mass is 10.2. The lowest BCUT2D eigenvalue weighted by Crippen LogP contribution is -2.30. The predicted octanol–water partition coefficient (Wildman–Crippen LogP) is 3.97. The van der Waals surface area contributed by atoms with E-state index < -0.39 is 0 Å². The Balaban J connectivity index is 2.80. The fourth-order valence-electron chi connectivity index (χ4n) is 1.37. The van der Waals surface area contributed by atoms with E-state index in [0.717, 1.165) is 14.6 Å². The maximum absolute atomic E-state index is 11.7. The molecule has 1 atom stereocenters. The van der Waals surface area contributed by atoms with Gasteiger partial charge in [0.05, 0.1) is 12.3 Å². The third-order valence-electron chi connectivity index (χ3n) is 2.24. The largest absolute Gasteiger partial charge is 0.464 e. The second kappa shape index (κ2) is 7.01. The van der Waals surface area contributed by atoms with E-state index in [9.17, 15) is 4.79 Å². The van der Waals surface area contributed by atoms with Crippen molar-refractivity contribution < 1.29 is 9.53 Å². The van der Waals surface area contributed by atoms with Crippen molar-refractivity contribution in [1.82, 2.24) is 0 Å². The molecule has 1 aromatic rings. The van der Waals surface area contributed by atoms with Crippen molar-refractivity contribution in [3.05, 3.63) is 27.1 Å². The summed E-state index contributed by atoms with van der Waals surface area (Å²) in [5, 5.41) is 3.17. The van der Waals surface area contributed by atoms with E-state index in [0.29, 0.717) is 13.0 Å². The van der Waals surface area contributed by atoms with Crippen molar-refractivity contribution in [3.8, 4) is 0 Å². The monoisotopic (exact) mass is 363 g/mol. The maximum Gasteiger partial charge on any atom is 0.328 e. The summed E-state index contributed by atoms with van der Waals surface area (Å²) in [4.78, 5) is 11.7. The number of hydrogen-bond acceptors (Lipinski definition) is 3. The number of halogens is 2. The Hall–Kier alpha value is -0.550. The van der Waals surface area contributed by atoms with Gasteiger partial charge in [-0.1, -0.05) is 22.9 Å². The average Bonchev–Trinajstić information content (AvgIpc) is 2.30. The summed E-state index contributed by atoms with van der Waals surface area (Å²) in [6, 6.07) is 5.46. The second-order valence-electron chi connectivity index (χ2n) is 3.48. The van der Waals surface area contributed by atoms with Gasteiger partial charge in [0.1, 0.15) is 6.04 Å². The molecule has 1 N–H and O–H groups in total. The molecule has 1 aromatic carbocycles. The fraction of sp³-hybridized carbons (Fsp3) is 0.417. The Labute approximate surface area is 118 Å². The first-order valence-electron chi connectivity index (χ1n) is 5.46. The first kappa shape index (κ1) is 14.5. The number of benzene rings is 1. The van der Waals surface area contributed by atoms with Crippen LogP contribution in [0.4, 0.5) is 5.69 Å². The third-order valence-corrected chi connectivity index (χ3v) is 3.42. The highest BCUT2D eigenvalue weighted by atomic mass is 79.9. The summed E-state index contributed by atoms with van der Waals surface area (Å²) in [6.07, 6.45) is 0.678. The molecule has 3 nitrogen and oxygen atoms in total. The van der Waals surface area contributed by atoms with Crippen LogP contribution in [0.25, 0.3) is 0 Å².